The first kappa shape index (κ1) is 19.4. The summed E-state index contributed by atoms with van der Waals surface area (Å²) in [6.07, 6.45) is 1.64. The molecule has 0 spiro atoms. The molecule has 6 heteroatoms. The van der Waals surface area contributed by atoms with Crippen LogP contribution in [0, 0.1) is 6.92 Å². The summed E-state index contributed by atoms with van der Waals surface area (Å²) in [6.45, 7) is 5.63. The van der Waals surface area contributed by atoms with E-state index in [1.807, 2.05) is 55.5 Å². The summed E-state index contributed by atoms with van der Waals surface area (Å²) < 4.78 is 7.30. The maximum atomic E-state index is 12.9. The highest BCUT2D eigenvalue weighted by Crippen LogP contribution is 2.21. The Labute approximate surface area is 171 Å². The molecule has 1 atom stereocenters. The zero-order valence-electron chi connectivity index (χ0n) is 16.6. The minimum absolute atomic E-state index is 0.0983. The van der Waals surface area contributed by atoms with Gasteiger partial charge in [-0.05, 0) is 24.6 Å². The van der Waals surface area contributed by atoms with E-state index in [9.17, 15) is 4.79 Å². The Balaban J connectivity index is 1.49. The van der Waals surface area contributed by atoms with Crippen LogP contribution in [0.4, 0.5) is 0 Å². The maximum Gasteiger partial charge on any atom is 0.254 e. The van der Waals surface area contributed by atoms with Gasteiger partial charge in [-0.25, -0.2) is 4.68 Å². The van der Waals surface area contributed by atoms with E-state index in [1.54, 1.807) is 10.9 Å². The molecule has 6 nitrogen and oxygen atoms in total. The second kappa shape index (κ2) is 9.03. The summed E-state index contributed by atoms with van der Waals surface area (Å²) in [7, 11) is 0. The van der Waals surface area contributed by atoms with E-state index in [2.05, 4.69) is 27.4 Å². The van der Waals surface area contributed by atoms with Gasteiger partial charge in [-0.15, -0.1) is 0 Å². The number of carbonyl (C=O) groups is 1. The van der Waals surface area contributed by atoms with Crippen LogP contribution in [0.2, 0.25) is 0 Å². The van der Waals surface area contributed by atoms with Crippen molar-refractivity contribution in [3.63, 3.8) is 0 Å². The molecule has 0 bridgehead atoms. The van der Waals surface area contributed by atoms with Crippen LogP contribution in [0.1, 0.15) is 27.7 Å². The molecule has 1 amide bonds. The normalized spacial score (nSPS) is 15.8. The summed E-state index contributed by atoms with van der Waals surface area (Å²) >= 11 is 0. The van der Waals surface area contributed by atoms with Crippen molar-refractivity contribution in [1.82, 2.24) is 20.0 Å². The van der Waals surface area contributed by atoms with Gasteiger partial charge in [0, 0.05) is 19.6 Å². The van der Waals surface area contributed by atoms with Crippen LogP contribution in [-0.4, -0.2) is 53.4 Å². The molecule has 4 rings (SSSR count). The van der Waals surface area contributed by atoms with E-state index in [0.29, 0.717) is 12.1 Å². The average molecular weight is 390 g/mol. The predicted octanol–water partition coefficient (Wildman–Crippen LogP) is 2.98. The molecular formula is C23H26N4O2. The number of nitrogens with zero attached hydrogens (tertiary/aromatic N) is 3. The van der Waals surface area contributed by atoms with E-state index in [0.717, 1.165) is 37.7 Å². The van der Waals surface area contributed by atoms with Crippen molar-refractivity contribution in [3.05, 3.63) is 83.7 Å². The fourth-order valence-electron chi connectivity index (χ4n) is 3.77. The first-order valence-electron chi connectivity index (χ1n) is 9.99. The Hall–Kier alpha value is -2.96. The smallest absolute Gasteiger partial charge is 0.254 e. The van der Waals surface area contributed by atoms with Crippen molar-refractivity contribution in [2.24, 2.45) is 0 Å². The highest BCUT2D eigenvalue weighted by atomic mass is 16.5. The number of benzene rings is 2. The molecule has 2 aromatic carbocycles. The lowest BCUT2D eigenvalue weighted by Crippen LogP contribution is -2.43. The maximum absolute atomic E-state index is 12.9. The summed E-state index contributed by atoms with van der Waals surface area (Å²) in [5.41, 5.74) is 3.57. The van der Waals surface area contributed by atoms with Gasteiger partial charge in [0.1, 0.15) is 0 Å². The molecule has 3 aromatic rings. The van der Waals surface area contributed by atoms with Crippen LogP contribution < -0.4 is 5.32 Å². The molecular weight excluding hydrogens is 364 g/mol. The van der Waals surface area contributed by atoms with Gasteiger partial charge < -0.3 is 10.1 Å². The Morgan fingerprint density at radius 2 is 1.72 bits per heavy atom. The van der Waals surface area contributed by atoms with Gasteiger partial charge in [-0.1, -0.05) is 48.5 Å². The van der Waals surface area contributed by atoms with Crippen molar-refractivity contribution in [1.29, 1.82) is 0 Å². The number of morpholine rings is 1. The standard InChI is InChI=1S/C23H26N4O2/c1-18-21(16-25-27(18)20-10-6-3-7-11-20)23(28)24-17-22(19-8-4-2-5-9-19)26-12-14-29-15-13-26/h2-11,16,22H,12-15,17H2,1H3,(H,24,28). The van der Waals surface area contributed by atoms with Gasteiger partial charge in [-0.2, -0.15) is 5.10 Å². The number of rotatable bonds is 6. The first-order chi connectivity index (χ1) is 14.2. The molecule has 29 heavy (non-hydrogen) atoms. The lowest BCUT2D eigenvalue weighted by molar-refractivity contribution is 0.0162. The molecule has 1 aliphatic heterocycles. The van der Waals surface area contributed by atoms with E-state index in [1.165, 1.54) is 5.56 Å². The Morgan fingerprint density at radius 3 is 2.41 bits per heavy atom. The zero-order chi connectivity index (χ0) is 20.1. The quantitative estimate of drug-likeness (QED) is 0.703. The van der Waals surface area contributed by atoms with Gasteiger partial charge >= 0.3 is 0 Å². The van der Waals surface area contributed by atoms with Crippen molar-refractivity contribution in [2.45, 2.75) is 13.0 Å². The van der Waals surface area contributed by atoms with Crippen LogP contribution in [0.5, 0.6) is 0 Å². The number of ether oxygens (including phenoxy) is 1. The number of nitrogens with one attached hydrogen (secondary N) is 1. The molecule has 0 radical (unpaired) electrons. The number of hydrogen-bond acceptors (Lipinski definition) is 4. The third-order valence-electron chi connectivity index (χ3n) is 5.38. The van der Waals surface area contributed by atoms with Crippen LogP contribution in [-0.2, 0) is 4.74 Å². The number of aromatic nitrogens is 2. The first-order valence-corrected chi connectivity index (χ1v) is 9.99. The van der Waals surface area contributed by atoms with E-state index in [4.69, 9.17) is 4.74 Å². The third-order valence-corrected chi connectivity index (χ3v) is 5.38. The number of para-hydroxylation sites is 1. The molecule has 1 unspecified atom stereocenters. The number of hydrogen-bond donors (Lipinski definition) is 1. The fraction of sp³-hybridized carbons (Fsp3) is 0.304. The van der Waals surface area contributed by atoms with Crippen LogP contribution in [0.25, 0.3) is 5.69 Å². The molecule has 0 aliphatic carbocycles. The minimum atomic E-state index is -0.0983. The number of carbonyl (C=O) groups excluding carboxylic acids is 1. The Morgan fingerprint density at radius 1 is 1.07 bits per heavy atom. The van der Waals surface area contributed by atoms with E-state index in [-0.39, 0.29) is 11.9 Å². The van der Waals surface area contributed by atoms with Gasteiger partial charge in [0.15, 0.2) is 0 Å². The second-order valence-electron chi connectivity index (χ2n) is 7.18. The predicted molar refractivity (Wildman–Crippen MR) is 112 cm³/mol. The second-order valence-corrected chi connectivity index (χ2v) is 7.18. The fourth-order valence-corrected chi connectivity index (χ4v) is 3.77. The summed E-state index contributed by atoms with van der Waals surface area (Å²) in [4.78, 5) is 15.3. The Kier molecular flexibility index (Phi) is 6.03. The topological polar surface area (TPSA) is 59.4 Å². The van der Waals surface area contributed by atoms with Gasteiger partial charge in [0.2, 0.25) is 0 Å². The molecule has 1 aromatic heterocycles. The number of amides is 1. The van der Waals surface area contributed by atoms with Crippen molar-refractivity contribution < 1.29 is 9.53 Å². The molecule has 1 N–H and O–H groups in total. The van der Waals surface area contributed by atoms with Gasteiger partial charge in [-0.3, -0.25) is 9.69 Å². The zero-order valence-corrected chi connectivity index (χ0v) is 16.6. The van der Waals surface area contributed by atoms with Crippen LogP contribution in [0.3, 0.4) is 0 Å². The van der Waals surface area contributed by atoms with Crippen molar-refractivity contribution >= 4 is 5.91 Å². The van der Waals surface area contributed by atoms with Crippen molar-refractivity contribution in [2.75, 3.05) is 32.8 Å². The molecule has 1 fully saturated rings. The summed E-state index contributed by atoms with van der Waals surface area (Å²) in [5, 5.41) is 7.54. The van der Waals surface area contributed by atoms with E-state index < -0.39 is 0 Å². The van der Waals surface area contributed by atoms with Crippen LogP contribution in [0.15, 0.2) is 66.9 Å². The van der Waals surface area contributed by atoms with E-state index >= 15 is 0 Å². The summed E-state index contributed by atoms with van der Waals surface area (Å²) in [5.74, 6) is -0.0983. The van der Waals surface area contributed by atoms with Crippen LogP contribution >= 0.6 is 0 Å². The van der Waals surface area contributed by atoms with Gasteiger partial charge in [0.25, 0.3) is 5.91 Å². The lowest BCUT2D eigenvalue weighted by Gasteiger charge is -2.34. The van der Waals surface area contributed by atoms with Gasteiger partial charge in [0.05, 0.1) is 42.4 Å². The minimum Gasteiger partial charge on any atom is -0.379 e. The molecule has 2 heterocycles. The SMILES string of the molecule is Cc1c(C(=O)NCC(c2ccccc2)N2CCOCC2)cnn1-c1ccccc1. The highest BCUT2D eigenvalue weighted by molar-refractivity contribution is 5.95. The largest absolute Gasteiger partial charge is 0.379 e. The Bertz CT molecular complexity index is 934. The lowest BCUT2D eigenvalue weighted by atomic mass is 10.0. The highest BCUT2D eigenvalue weighted by Gasteiger charge is 2.24. The average Bonchev–Trinajstić information content (AvgIpc) is 3.17. The summed E-state index contributed by atoms with van der Waals surface area (Å²) in [6, 6.07) is 20.3. The molecule has 1 saturated heterocycles. The third kappa shape index (κ3) is 4.39. The molecule has 150 valence electrons. The monoisotopic (exact) mass is 390 g/mol. The van der Waals surface area contributed by atoms with Crippen molar-refractivity contribution in [3.8, 4) is 5.69 Å². The molecule has 0 saturated carbocycles. The molecule has 1 aliphatic rings.